The van der Waals surface area contributed by atoms with E-state index in [2.05, 4.69) is 34.2 Å². The molecular weight excluding hydrogens is 414 g/mol. The second-order valence-corrected chi connectivity index (χ2v) is 9.72. The lowest BCUT2D eigenvalue weighted by Gasteiger charge is -2.30. The molecule has 0 atom stereocenters. The van der Waals surface area contributed by atoms with Crippen molar-refractivity contribution in [3.8, 4) is 0 Å². The minimum atomic E-state index is -3.80. The quantitative estimate of drug-likeness (QED) is 0.576. The number of piperazine rings is 1. The largest absolute Gasteiger partial charge is 0.353 e. The fourth-order valence-corrected chi connectivity index (χ4v) is 4.59. The molecule has 168 valence electrons. The van der Waals surface area contributed by atoms with Crippen molar-refractivity contribution in [2.75, 3.05) is 42.3 Å². The lowest BCUT2D eigenvalue weighted by atomic mass is 10.0. The Kier molecular flexibility index (Phi) is 7.50. The number of rotatable bonds is 8. The van der Waals surface area contributed by atoms with Gasteiger partial charge in [-0.2, -0.15) is 0 Å². The minimum Gasteiger partial charge on any atom is -0.353 e. The van der Waals surface area contributed by atoms with Crippen LogP contribution in [-0.4, -0.2) is 52.0 Å². The molecule has 0 saturated carbocycles. The first-order valence-electron chi connectivity index (χ1n) is 10.7. The maximum Gasteiger partial charge on any atom is 0.261 e. The molecule has 9 heteroatoms. The molecule has 2 aromatic rings. The summed E-state index contributed by atoms with van der Waals surface area (Å²) in [5.41, 5.74) is 1.71. The Morgan fingerprint density at radius 3 is 2.48 bits per heavy atom. The Balaban J connectivity index is 1.86. The summed E-state index contributed by atoms with van der Waals surface area (Å²) in [7, 11) is -3.80. The number of amides is 1. The molecule has 1 aliphatic rings. The van der Waals surface area contributed by atoms with Gasteiger partial charge in [0, 0.05) is 32.7 Å². The maximum atomic E-state index is 12.9. The number of hydrogen-bond donors (Lipinski definition) is 3. The fraction of sp³-hybridized carbons (Fsp3) is 0.455. The van der Waals surface area contributed by atoms with E-state index >= 15 is 0 Å². The molecule has 1 aliphatic heterocycles. The summed E-state index contributed by atoms with van der Waals surface area (Å²) in [5, 5.41) is 6.06. The van der Waals surface area contributed by atoms with Crippen LogP contribution in [0.25, 0.3) is 0 Å². The maximum absolute atomic E-state index is 12.9. The molecule has 8 nitrogen and oxygen atoms in total. The highest BCUT2D eigenvalue weighted by Gasteiger charge is 2.22. The van der Waals surface area contributed by atoms with Crippen LogP contribution >= 0.6 is 0 Å². The first-order valence-corrected chi connectivity index (χ1v) is 12.1. The van der Waals surface area contributed by atoms with Gasteiger partial charge >= 0.3 is 0 Å². The minimum absolute atomic E-state index is 0.172. The van der Waals surface area contributed by atoms with Crippen molar-refractivity contribution in [2.24, 2.45) is 5.92 Å². The van der Waals surface area contributed by atoms with E-state index in [1.807, 2.05) is 24.0 Å². The molecule has 3 N–H and O–H groups in total. The molecule has 1 aromatic heterocycles. The number of benzene rings is 1. The summed E-state index contributed by atoms with van der Waals surface area (Å²) >= 11 is 0. The van der Waals surface area contributed by atoms with Crippen molar-refractivity contribution in [3.63, 3.8) is 0 Å². The average molecular weight is 446 g/mol. The second-order valence-electron chi connectivity index (χ2n) is 8.04. The van der Waals surface area contributed by atoms with Gasteiger partial charge in [0.15, 0.2) is 0 Å². The lowest BCUT2D eigenvalue weighted by molar-refractivity contribution is 0.0956. The number of carbonyl (C=O) groups is 1. The molecule has 2 heterocycles. The van der Waals surface area contributed by atoms with Crippen molar-refractivity contribution in [3.05, 3.63) is 47.7 Å². The lowest BCUT2D eigenvalue weighted by Crippen LogP contribution is -2.44. The number of pyridine rings is 1. The molecule has 0 aliphatic carbocycles. The molecule has 31 heavy (non-hydrogen) atoms. The van der Waals surface area contributed by atoms with Crippen LogP contribution in [0.15, 0.2) is 41.4 Å². The van der Waals surface area contributed by atoms with Crippen LogP contribution in [0.5, 0.6) is 0 Å². The van der Waals surface area contributed by atoms with E-state index in [1.165, 1.54) is 6.20 Å². The highest BCUT2D eigenvalue weighted by molar-refractivity contribution is 7.92. The summed E-state index contributed by atoms with van der Waals surface area (Å²) in [6.45, 7) is 9.62. The molecule has 0 unspecified atom stereocenters. The Hall–Kier alpha value is -2.65. The van der Waals surface area contributed by atoms with Crippen molar-refractivity contribution in [2.45, 2.75) is 32.1 Å². The second kappa shape index (κ2) is 10.1. The number of nitrogens with one attached hydrogen (secondary N) is 3. The topological polar surface area (TPSA) is 103 Å². The number of nitrogens with zero attached hydrogens (tertiary/aromatic N) is 2. The predicted molar refractivity (Wildman–Crippen MR) is 123 cm³/mol. The van der Waals surface area contributed by atoms with E-state index < -0.39 is 10.0 Å². The van der Waals surface area contributed by atoms with E-state index in [-0.39, 0.29) is 16.5 Å². The molecule has 0 spiro atoms. The summed E-state index contributed by atoms with van der Waals surface area (Å²) in [6, 6.07) is 8.43. The molecule has 1 fully saturated rings. The zero-order chi connectivity index (χ0) is 22.4. The highest BCUT2D eigenvalue weighted by Crippen LogP contribution is 2.24. The van der Waals surface area contributed by atoms with Crippen molar-refractivity contribution < 1.29 is 13.2 Å². The molecular formula is C22H31N5O3S. The molecule has 1 aromatic carbocycles. The van der Waals surface area contributed by atoms with Gasteiger partial charge in [0.2, 0.25) is 0 Å². The van der Waals surface area contributed by atoms with Crippen LogP contribution in [0.2, 0.25) is 0 Å². The summed E-state index contributed by atoms with van der Waals surface area (Å²) in [6.07, 6.45) is 2.35. The van der Waals surface area contributed by atoms with E-state index in [0.717, 1.165) is 38.2 Å². The zero-order valence-electron chi connectivity index (χ0n) is 18.3. The van der Waals surface area contributed by atoms with Gasteiger partial charge in [-0.05, 0) is 43.0 Å². The zero-order valence-corrected chi connectivity index (χ0v) is 19.1. The molecule has 0 radical (unpaired) electrons. The molecule has 1 saturated heterocycles. The Bertz CT molecular complexity index is 1000. The number of carbonyl (C=O) groups excluding carboxylic acids is 1. The monoisotopic (exact) mass is 445 g/mol. The number of anilines is 2. The number of aromatic nitrogens is 1. The van der Waals surface area contributed by atoms with Gasteiger partial charge in [0.25, 0.3) is 15.9 Å². The van der Waals surface area contributed by atoms with Gasteiger partial charge in [-0.25, -0.2) is 13.4 Å². The molecule has 1 amide bonds. The summed E-state index contributed by atoms with van der Waals surface area (Å²) in [5.74, 6) is 0.782. The van der Waals surface area contributed by atoms with Crippen molar-refractivity contribution in [1.29, 1.82) is 0 Å². The third-order valence-electron chi connectivity index (χ3n) is 4.99. The molecule has 3 rings (SSSR count). The van der Waals surface area contributed by atoms with Crippen molar-refractivity contribution in [1.82, 2.24) is 15.6 Å². The third-order valence-corrected chi connectivity index (χ3v) is 6.39. The van der Waals surface area contributed by atoms with Crippen LogP contribution in [0.3, 0.4) is 0 Å². The van der Waals surface area contributed by atoms with Gasteiger partial charge in [-0.3, -0.25) is 9.52 Å². The van der Waals surface area contributed by atoms with Gasteiger partial charge in [0.1, 0.15) is 5.82 Å². The fourth-order valence-electron chi connectivity index (χ4n) is 3.56. The van der Waals surface area contributed by atoms with Gasteiger partial charge in [-0.1, -0.05) is 26.0 Å². The van der Waals surface area contributed by atoms with Crippen LogP contribution in [0.4, 0.5) is 11.5 Å². The van der Waals surface area contributed by atoms with Crippen LogP contribution in [0, 0.1) is 5.92 Å². The predicted octanol–water partition coefficient (Wildman–Crippen LogP) is 2.24. The number of sulfonamides is 1. The van der Waals surface area contributed by atoms with Crippen molar-refractivity contribution >= 4 is 27.4 Å². The first kappa shape index (κ1) is 23.0. The number of hydrogen-bond acceptors (Lipinski definition) is 6. The van der Waals surface area contributed by atoms with Gasteiger partial charge < -0.3 is 15.5 Å². The summed E-state index contributed by atoms with van der Waals surface area (Å²) in [4.78, 5) is 19.3. The van der Waals surface area contributed by atoms with Gasteiger partial charge in [-0.15, -0.1) is 0 Å². The van der Waals surface area contributed by atoms with E-state index in [0.29, 0.717) is 23.8 Å². The van der Waals surface area contributed by atoms with Crippen LogP contribution < -0.4 is 20.3 Å². The van der Waals surface area contributed by atoms with E-state index in [4.69, 9.17) is 0 Å². The Labute approximate surface area is 184 Å². The Morgan fingerprint density at radius 1 is 1.19 bits per heavy atom. The van der Waals surface area contributed by atoms with E-state index in [9.17, 15) is 13.2 Å². The van der Waals surface area contributed by atoms with Crippen LogP contribution in [0.1, 0.15) is 36.7 Å². The Morgan fingerprint density at radius 2 is 1.87 bits per heavy atom. The normalized spacial score (nSPS) is 14.5. The highest BCUT2D eigenvalue weighted by atomic mass is 32.2. The third kappa shape index (κ3) is 5.95. The average Bonchev–Trinajstić information content (AvgIpc) is 2.74. The molecule has 0 bridgehead atoms. The standard InChI is InChI=1S/C22H31N5O3S/c1-4-24-22(28)20-14-18(15-25-21(20)27-11-9-23-10-12-27)26-31(29,30)19-7-5-17(6-8-19)13-16(2)3/h5-8,14-16,23,26H,4,9-13H2,1-3H3,(H,24,28). The SMILES string of the molecule is CCNC(=O)c1cc(NS(=O)(=O)c2ccc(CC(C)C)cc2)cnc1N1CCNCC1. The van der Waals surface area contributed by atoms with Crippen LogP contribution in [-0.2, 0) is 16.4 Å². The van der Waals surface area contributed by atoms with E-state index in [1.54, 1.807) is 18.2 Å². The van der Waals surface area contributed by atoms with Gasteiger partial charge in [0.05, 0.1) is 22.3 Å². The smallest absolute Gasteiger partial charge is 0.261 e. The summed E-state index contributed by atoms with van der Waals surface area (Å²) < 4.78 is 28.3. The first-order chi connectivity index (χ1) is 14.8.